The maximum Gasteiger partial charge on any atom is 0.328 e. The van der Waals surface area contributed by atoms with Gasteiger partial charge in [0.1, 0.15) is 0 Å². The number of carbonyl (C=O) groups is 1. The Hall–Kier alpha value is -2.83. The van der Waals surface area contributed by atoms with Crippen molar-refractivity contribution in [3.63, 3.8) is 0 Å². The predicted octanol–water partition coefficient (Wildman–Crippen LogP) is 3.99. The van der Waals surface area contributed by atoms with Crippen LogP contribution in [0.5, 0.6) is 0 Å². The fraction of sp³-hybridized carbons (Fsp3) is 0.150. The van der Waals surface area contributed by atoms with E-state index in [4.69, 9.17) is 23.2 Å². The van der Waals surface area contributed by atoms with Crippen LogP contribution in [0.2, 0.25) is 10.0 Å². The number of anilines is 1. The molecule has 2 aromatic carbocycles. The van der Waals surface area contributed by atoms with Crippen LogP contribution in [-0.2, 0) is 18.9 Å². The summed E-state index contributed by atoms with van der Waals surface area (Å²) < 4.78 is 3.17. The van der Waals surface area contributed by atoms with Gasteiger partial charge in [-0.1, -0.05) is 29.3 Å². The lowest BCUT2D eigenvalue weighted by Gasteiger charge is -2.12. The Kier molecular flexibility index (Phi) is 4.40. The van der Waals surface area contributed by atoms with Crippen LogP contribution < -0.4 is 10.7 Å². The molecular weight excluding hydrogens is 399 g/mol. The second-order valence-electron chi connectivity index (χ2n) is 6.64. The zero-order valence-electron chi connectivity index (χ0n) is 15.4. The smallest absolute Gasteiger partial charge is 0.295 e. The van der Waals surface area contributed by atoms with E-state index in [1.807, 2.05) is 18.2 Å². The first kappa shape index (κ1) is 18.5. The number of hydrogen-bond donors (Lipinski definition) is 0. The third-order valence-electron chi connectivity index (χ3n) is 4.76. The zero-order chi connectivity index (χ0) is 20.2. The molecular formula is C20H16Cl2N4O2. The second-order valence-corrected chi connectivity index (χ2v) is 7.51. The van der Waals surface area contributed by atoms with Gasteiger partial charge < -0.3 is 0 Å². The molecule has 1 aliphatic heterocycles. The van der Waals surface area contributed by atoms with Crippen LogP contribution in [0.25, 0.3) is 17.1 Å². The minimum Gasteiger partial charge on any atom is -0.295 e. The van der Waals surface area contributed by atoms with Crippen molar-refractivity contribution in [2.75, 3.05) is 5.01 Å². The molecule has 0 saturated heterocycles. The molecule has 0 atom stereocenters. The maximum absolute atomic E-state index is 12.9. The summed E-state index contributed by atoms with van der Waals surface area (Å²) in [6.45, 7) is 1.77. The lowest BCUT2D eigenvalue weighted by atomic mass is 10.1. The van der Waals surface area contributed by atoms with Crippen molar-refractivity contribution < 1.29 is 4.79 Å². The van der Waals surface area contributed by atoms with Crippen molar-refractivity contribution in [3.8, 4) is 0 Å². The summed E-state index contributed by atoms with van der Waals surface area (Å²) in [6, 6.07) is 10.5. The topological polar surface area (TPSA) is 59.6 Å². The quantitative estimate of drug-likeness (QED) is 0.595. The van der Waals surface area contributed by atoms with Crippen LogP contribution in [0, 0.1) is 0 Å². The van der Waals surface area contributed by atoms with Crippen LogP contribution >= 0.6 is 23.2 Å². The Labute approximate surface area is 170 Å². The predicted molar refractivity (Wildman–Crippen MR) is 113 cm³/mol. The molecule has 0 spiro atoms. The highest BCUT2D eigenvalue weighted by atomic mass is 35.5. The Morgan fingerprint density at radius 3 is 2.25 bits per heavy atom. The molecule has 0 bridgehead atoms. The van der Waals surface area contributed by atoms with E-state index < -0.39 is 0 Å². The van der Waals surface area contributed by atoms with Gasteiger partial charge in [0.2, 0.25) is 0 Å². The minimum absolute atomic E-state index is 0.0986. The van der Waals surface area contributed by atoms with Crippen molar-refractivity contribution in [1.82, 2.24) is 9.13 Å². The lowest BCUT2D eigenvalue weighted by Crippen LogP contribution is -2.21. The number of aryl methyl sites for hydroxylation is 2. The van der Waals surface area contributed by atoms with Gasteiger partial charge in [-0.15, -0.1) is 0 Å². The molecule has 142 valence electrons. The van der Waals surface area contributed by atoms with E-state index in [-0.39, 0.29) is 11.6 Å². The molecule has 8 heteroatoms. The number of aromatic nitrogens is 2. The van der Waals surface area contributed by atoms with Crippen molar-refractivity contribution in [1.29, 1.82) is 0 Å². The maximum atomic E-state index is 12.9. The normalized spacial score (nSPS) is 15.8. The zero-order valence-corrected chi connectivity index (χ0v) is 16.9. The number of nitrogens with zero attached hydrogens (tertiary/aromatic N) is 4. The van der Waals surface area contributed by atoms with Crippen molar-refractivity contribution >= 4 is 57.6 Å². The standard InChI is InChI=1S/C20H16Cl2N4O2/c1-11-16(19(27)26(23-11)15-9-13(21)8-14(22)10-15)6-12-4-5-17-18(7-12)25(3)20(28)24(17)2/h4-10H,1-3H3/b16-6-. The molecule has 0 unspecified atom stereocenters. The van der Waals surface area contributed by atoms with Gasteiger partial charge in [0.25, 0.3) is 5.91 Å². The van der Waals surface area contributed by atoms with E-state index in [1.54, 1.807) is 54.4 Å². The van der Waals surface area contributed by atoms with Gasteiger partial charge in [0.05, 0.1) is 28.0 Å². The molecule has 0 N–H and O–H groups in total. The number of hydrazone groups is 1. The molecule has 2 heterocycles. The van der Waals surface area contributed by atoms with Crippen LogP contribution in [0.3, 0.4) is 0 Å². The van der Waals surface area contributed by atoms with Gasteiger partial charge in [-0.2, -0.15) is 10.1 Å². The average molecular weight is 415 g/mol. The van der Waals surface area contributed by atoms with Crippen LogP contribution in [0.4, 0.5) is 5.69 Å². The number of imidazole rings is 1. The van der Waals surface area contributed by atoms with Crippen molar-refractivity contribution in [2.24, 2.45) is 19.2 Å². The van der Waals surface area contributed by atoms with E-state index in [0.717, 1.165) is 16.6 Å². The molecule has 1 amide bonds. The van der Waals surface area contributed by atoms with Crippen molar-refractivity contribution in [2.45, 2.75) is 6.92 Å². The van der Waals surface area contributed by atoms with Crippen LogP contribution in [0.15, 0.2) is 51.9 Å². The molecule has 3 aromatic rings. The molecule has 0 fully saturated rings. The Balaban J connectivity index is 1.75. The third kappa shape index (κ3) is 2.95. The molecule has 0 radical (unpaired) electrons. The Morgan fingerprint density at radius 2 is 1.57 bits per heavy atom. The summed E-state index contributed by atoms with van der Waals surface area (Å²) >= 11 is 12.1. The molecule has 28 heavy (non-hydrogen) atoms. The first-order chi connectivity index (χ1) is 13.3. The average Bonchev–Trinajstić information content (AvgIpc) is 3.04. The first-order valence-corrected chi connectivity index (χ1v) is 9.25. The third-order valence-corrected chi connectivity index (χ3v) is 5.20. The first-order valence-electron chi connectivity index (χ1n) is 8.49. The highest BCUT2D eigenvalue weighted by Crippen LogP contribution is 2.30. The Morgan fingerprint density at radius 1 is 0.929 bits per heavy atom. The number of rotatable bonds is 2. The summed E-state index contributed by atoms with van der Waals surface area (Å²) in [7, 11) is 3.45. The summed E-state index contributed by atoms with van der Waals surface area (Å²) in [5.41, 5.74) is 3.88. The molecule has 4 rings (SSSR count). The highest BCUT2D eigenvalue weighted by molar-refractivity contribution is 6.36. The van der Waals surface area contributed by atoms with Gasteiger partial charge in [0.15, 0.2) is 0 Å². The van der Waals surface area contributed by atoms with Crippen LogP contribution in [-0.4, -0.2) is 20.8 Å². The van der Waals surface area contributed by atoms with Gasteiger partial charge in [-0.3, -0.25) is 13.9 Å². The van der Waals surface area contributed by atoms with E-state index in [2.05, 4.69) is 5.10 Å². The summed E-state index contributed by atoms with van der Waals surface area (Å²) in [5, 5.41) is 6.49. The number of hydrogen-bond acceptors (Lipinski definition) is 3. The monoisotopic (exact) mass is 414 g/mol. The number of carbonyl (C=O) groups excluding carboxylic acids is 1. The lowest BCUT2D eigenvalue weighted by molar-refractivity contribution is -0.114. The Bertz CT molecular complexity index is 1250. The molecule has 6 nitrogen and oxygen atoms in total. The van der Waals surface area contributed by atoms with E-state index >= 15 is 0 Å². The minimum atomic E-state index is -0.266. The van der Waals surface area contributed by atoms with E-state index in [0.29, 0.717) is 27.0 Å². The largest absolute Gasteiger partial charge is 0.328 e. The van der Waals surface area contributed by atoms with Gasteiger partial charge >= 0.3 is 5.69 Å². The fourth-order valence-electron chi connectivity index (χ4n) is 3.30. The highest BCUT2D eigenvalue weighted by Gasteiger charge is 2.29. The summed E-state index contributed by atoms with van der Waals surface area (Å²) in [5.74, 6) is -0.266. The van der Waals surface area contributed by atoms with Gasteiger partial charge in [-0.25, -0.2) is 4.79 Å². The second kappa shape index (κ2) is 6.65. The summed E-state index contributed by atoms with van der Waals surface area (Å²) in [4.78, 5) is 25.0. The van der Waals surface area contributed by atoms with E-state index in [1.165, 1.54) is 5.01 Å². The van der Waals surface area contributed by atoms with Gasteiger partial charge in [-0.05, 0) is 48.9 Å². The SMILES string of the molecule is CC1=NN(c2cc(Cl)cc(Cl)c2)C(=O)/C1=C\c1ccc2c(c1)n(C)c(=O)n2C. The van der Waals surface area contributed by atoms with Crippen LogP contribution in [0.1, 0.15) is 12.5 Å². The number of fused-ring (bicyclic) bond motifs is 1. The fourth-order valence-corrected chi connectivity index (χ4v) is 3.82. The van der Waals surface area contributed by atoms with Crippen molar-refractivity contribution in [3.05, 3.63) is 68.1 Å². The summed E-state index contributed by atoms with van der Waals surface area (Å²) in [6.07, 6.45) is 1.77. The molecule has 1 aromatic heterocycles. The molecule has 0 aliphatic carbocycles. The number of benzene rings is 2. The molecule has 1 aliphatic rings. The number of halogens is 2. The number of amides is 1. The molecule has 0 saturated carbocycles. The van der Waals surface area contributed by atoms with E-state index in [9.17, 15) is 9.59 Å². The van der Waals surface area contributed by atoms with Gasteiger partial charge in [0, 0.05) is 24.1 Å².